The fourth-order valence-corrected chi connectivity index (χ4v) is 1.03. The van der Waals surface area contributed by atoms with Gasteiger partial charge in [0, 0.05) is 19.5 Å². The Labute approximate surface area is 92.7 Å². The first kappa shape index (κ1) is 18.7. The van der Waals surface area contributed by atoms with Gasteiger partial charge >= 0.3 is 0 Å². The van der Waals surface area contributed by atoms with Crippen LogP contribution >= 0.6 is 24.8 Å². The first-order valence-electron chi connectivity index (χ1n) is 4.02. The number of hydrogen-bond donors (Lipinski definition) is 2. The summed E-state index contributed by atoms with van der Waals surface area (Å²) in [6.45, 7) is 4.20. The summed E-state index contributed by atoms with van der Waals surface area (Å²) in [5, 5.41) is 2.55. The molecule has 0 heterocycles. The van der Waals surface area contributed by atoms with Crippen molar-refractivity contribution in [3.8, 4) is 0 Å². The molecule has 0 aromatic carbocycles. The van der Waals surface area contributed by atoms with E-state index in [1.807, 2.05) is 0 Å². The van der Waals surface area contributed by atoms with Crippen LogP contribution in [0, 0.1) is 5.92 Å². The molecule has 0 aromatic rings. The van der Waals surface area contributed by atoms with Gasteiger partial charge in [-0.15, -0.1) is 24.8 Å². The predicted molar refractivity (Wildman–Crippen MR) is 60.6 cm³/mol. The number of hydrogen-bond acceptors (Lipinski definition) is 2. The zero-order valence-electron chi connectivity index (χ0n) is 8.37. The zero-order valence-corrected chi connectivity index (χ0v) is 10.0. The van der Waals surface area contributed by atoms with E-state index in [4.69, 9.17) is 5.73 Å². The maximum absolute atomic E-state index is 10.8. The molecule has 1 atom stereocenters. The first-order valence-corrected chi connectivity index (χ1v) is 4.02. The van der Waals surface area contributed by atoms with Crippen LogP contribution in [0.3, 0.4) is 0 Å². The SMILES string of the molecule is CNC(=O)C[C@@H](N)CC(C)C.Cl.Cl. The van der Waals surface area contributed by atoms with E-state index in [1.54, 1.807) is 7.05 Å². The van der Waals surface area contributed by atoms with E-state index in [0.29, 0.717) is 12.3 Å². The Morgan fingerprint density at radius 1 is 1.38 bits per heavy atom. The summed E-state index contributed by atoms with van der Waals surface area (Å²) < 4.78 is 0. The molecule has 0 aliphatic heterocycles. The molecule has 0 radical (unpaired) electrons. The third-order valence-electron chi connectivity index (χ3n) is 1.50. The van der Waals surface area contributed by atoms with Gasteiger partial charge in [0.15, 0.2) is 0 Å². The van der Waals surface area contributed by atoms with Crippen molar-refractivity contribution >= 4 is 30.7 Å². The molecule has 0 aliphatic rings. The molecule has 0 rings (SSSR count). The Kier molecular flexibility index (Phi) is 14.5. The molecular formula is C8H20Cl2N2O. The summed E-state index contributed by atoms with van der Waals surface area (Å²) in [6, 6.07) is 0.00921. The van der Waals surface area contributed by atoms with Crippen molar-refractivity contribution in [2.45, 2.75) is 32.7 Å². The average molecular weight is 231 g/mol. The lowest BCUT2D eigenvalue weighted by Crippen LogP contribution is -2.30. The molecule has 0 spiro atoms. The van der Waals surface area contributed by atoms with Crippen LogP contribution in [0.4, 0.5) is 0 Å². The van der Waals surface area contributed by atoms with E-state index >= 15 is 0 Å². The number of carbonyl (C=O) groups excluding carboxylic acids is 1. The van der Waals surface area contributed by atoms with Gasteiger partial charge < -0.3 is 11.1 Å². The molecular weight excluding hydrogens is 211 g/mol. The van der Waals surface area contributed by atoms with E-state index in [1.165, 1.54) is 0 Å². The standard InChI is InChI=1S/C8H18N2O.2ClH/c1-6(2)4-7(9)5-8(11)10-3;;/h6-7H,4-5,9H2,1-3H3,(H,10,11);2*1H/t7-;;/m0../s1. The molecule has 5 heteroatoms. The van der Waals surface area contributed by atoms with Crippen LogP contribution in [0.2, 0.25) is 0 Å². The highest BCUT2D eigenvalue weighted by atomic mass is 35.5. The van der Waals surface area contributed by atoms with E-state index in [2.05, 4.69) is 19.2 Å². The summed E-state index contributed by atoms with van der Waals surface area (Å²) in [6.07, 6.45) is 1.35. The van der Waals surface area contributed by atoms with Crippen LogP contribution in [0.15, 0.2) is 0 Å². The zero-order chi connectivity index (χ0) is 8.85. The Morgan fingerprint density at radius 2 is 1.85 bits per heavy atom. The number of carbonyl (C=O) groups is 1. The molecule has 0 unspecified atom stereocenters. The number of amides is 1. The maximum atomic E-state index is 10.8. The van der Waals surface area contributed by atoms with Gasteiger partial charge in [-0.1, -0.05) is 13.8 Å². The third-order valence-corrected chi connectivity index (χ3v) is 1.50. The molecule has 0 fully saturated rings. The first-order chi connectivity index (χ1) is 5.06. The lowest BCUT2D eigenvalue weighted by atomic mass is 10.0. The van der Waals surface area contributed by atoms with Gasteiger partial charge in [0.05, 0.1) is 0 Å². The van der Waals surface area contributed by atoms with Gasteiger partial charge in [-0.05, 0) is 12.3 Å². The third kappa shape index (κ3) is 12.0. The monoisotopic (exact) mass is 230 g/mol. The van der Waals surface area contributed by atoms with E-state index in [-0.39, 0.29) is 36.8 Å². The fraction of sp³-hybridized carbons (Fsp3) is 0.875. The second-order valence-electron chi connectivity index (χ2n) is 3.27. The summed E-state index contributed by atoms with van der Waals surface area (Å²) in [5.41, 5.74) is 5.69. The van der Waals surface area contributed by atoms with Gasteiger partial charge in [-0.2, -0.15) is 0 Å². The highest BCUT2D eigenvalue weighted by Crippen LogP contribution is 2.04. The molecule has 0 saturated carbocycles. The van der Waals surface area contributed by atoms with Gasteiger partial charge in [0.1, 0.15) is 0 Å². The van der Waals surface area contributed by atoms with Crippen LogP contribution in [0.1, 0.15) is 26.7 Å². The minimum absolute atomic E-state index is 0. The summed E-state index contributed by atoms with van der Waals surface area (Å²) >= 11 is 0. The Morgan fingerprint density at radius 3 is 2.15 bits per heavy atom. The van der Waals surface area contributed by atoms with Gasteiger partial charge in [-0.3, -0.25) is 4.79 Å². The van der Waals surface area contributed by atoms with Crippen LogP contribution in [0.25, 0.3) is 0 Å². The summed E-state index contributed by atoms with van der Waals surface area (Å²) in [7, 11) is 1.63. The van der Waals surface area contributed by atoms with Crippen LogP contribution < -0.4 is 11.1 Å². The van der Waals surface area contributed by atoms with Crippen LogP contribution in [0.5, 0.6) is 0 Å². The number of rotatable bonds is 4. The average Bonchev–Trinajstić information content (AvgIpc) is 1.85. The minimum Gasteiger partial charge on any atom is -0.359 e. The summed E-state index contributed by atoms with van der Waals surface area (Å²) in [5.74, 6) is 0.591. The van der Waals surface area contributed by atoms with Crippen LogP contribution in [-0.2, 0) is 4.79 Å². The van der Waals surface area contributed by atoms with Crippen molar-refractivity contribution in [3.63, 3.8) is 0 Å². The normalized spacial score (nSPS) is 11.2. The van der Waals surface area contributed by atoms with Gasteiger partial charge in [-0.25, -0.2) is 0 Å². The molecule has 0 saturated heterocycles. The molecule has 13 heavy (non-hydrogen) atoms. The second-order valence-corrected chi connectivity index (χ2v) is 3.27. The van der Waals surface area contributed by atoms with Crippen LogP contribution in [-0.4, -0.2) is 19.0 Å². The van der Waals surface area contributed by atoms with Crippen molar-refractivity contribution in [1.29, 1.82) is 0 Å². The molecule has 3 N–H and O–H groups in total. The second kappa shape index (κ2) is 10.1. The van der Waals surface area contributed by atoms with Crippen molar-refractivity contribution < 1.29 is 4.79 Å². The van der Waals surface area contributed by atoms with Gasteiger partial charge in [0.2, 0.25) is 5.91 Å². The van der Waals surface area contributed by atoms with Gasteiger partial charge in [0.25, 0.3) is 0 Å². The topological polar surface area (TPSA) is 55.1 Å². The Balaban J connectivity index is -0.000000500. The minimum atomic E-state index is 0. The maximum Gasteiger partial charge on any atom is 0.221 e. The number of nitrogens with one attached hydrogen (secondary N) is 1. The highest BCUT2D eigenvalue weighted by molar-refractivity contribution is 5.85. The number of nitrogens with two attached hydrogens (primary N) is 1. The fourth-order valence-electron chi connectivity index (χ4n) is 1.03. The van der Waals surface area contributed by atoms with Crippen molar-refractivity contribution in [1.82, 2.24) is 5.32 Å². The lowest BCUT2D eigenvalue weighted by Gasteiger charge is -2.12. The lowest BCUT2D eigenvalue weighted by molar-refractivity contribution is -0.120. The van der Waals surface area contributed by atoms with E-state index < -0.39 is 0 Å². The molecule has 0 aromatic heterocycles. The van der Waals surface area contributed by atoms with E-state index in [0.717, 1.165) is 6.42 Å². The molecule has 0 bridgehead atoms. The molecule has 1 amide bonds. The highest BCUT2D eigenvalue weighted by Gasteiger charge is 2.08. The Hall–Kier alpha value is 0.01000. The molecule has 3 nitrogen and oxygen atoms in total. The summed E-state index contributed by atoms with van der Waals surface area (Å²) in [4.78, 5) is 10.8. The number of halogens is 2. The molecule has 0 aliphatic carbocycles. The van der Waals surface area contributed by atoms with Crippen molar-refractivity contribution in [2.75, 3.05) is 7.05 Å². The largest absolute Gasteiger partial charge is 0.359 e. The quantitative estimate of drug-likeness (QED) is 0.767. The predicted octanol–water partition coefficient (Wildman–Crippen LogP) is 1.34. The van der Waals surface area contributed by atoms with Crippen molar-refractivity contribution in [3.05, 3.63) is 0 Å². The smallest absolute Gasteiger partial charge is 0.221 e. The Bertz CT molecular complexity index is 131. The van der Waals surface area contributed by atoms with E-state index in [9.17, 15) is 4.79 Å². The van der Waals surface area contributed by atoms with Crippen molar-refractivity contribution in [2.24, 2.45) is 11.7 Å². The molecule has 82 valence electrons.